The minimum absolute atomic E-state index is 0.252. The summed E-state index contributed by atoms with van der Waals surface area (Å²) in [5.41, 5.74) is 2.12. The molecule has 1 amide bonds. The van der Waals surface area contributed by atoms with Crippen molar-refractivity contribution in [3.05, 3.63) is 26.9 Å². The zero-order chi connectivity index (χ0) is 12.3. The first kappa shape index (κ1) is 12.5. The number of carbonyl (C=O) groups is 1. The van der Waals surface area contributed by atoms with E-state index in [1.54, 1.807) is 29.2 Å². The standard InChI is InChI=1S/C9H10N4OS3/c1-5-12-13-9(16-5)15-4-6-2-3-7(17-6)8(14)11-10/h2-3H,4,10H2,1H3,(H,11,14). The Kier molecular flexibility index (Phi) is 4.11. The van der Waals surface area contributed by atoms with Gasteiger partial charge >= 0.3 is 0 Å². The van der Waals surface area contributed by atoms with Crippen LogP contribution in [0.2, 0.25) is 0 Å². The van der Waals surface area contributed by atoms with E-state index in [1.807, 2.05) is 13.0 Å². The van der Waals surface area contributed by atoms with E-state index in [0.29, 0.717) is 4.88 Å². The highest BCUT2D eigenvalue weighted by Crippen LogP contribution is 2.28. The highest BCUT2D eigenvalue weighted by molar-refractivity contribution is 8.00. The molecular formula is C9H10N4OS3. The molecule has 5 nitrogen and oxygen atoms in total. The summed E-state index contributed by atoms with van der Waals surface area (Å²) in [7, 11) is 0. The number of nitrogens with one attached hydrogen (secondary N) is 1. The van der Waals surface area contributed by atoms with Gasteiger partial charge in [-0.25, -0.2) is 5.84 Å². The molecule has 0 saturated carbocycles. The summed E-state index contributed by atoms with van der Waals surface area (Å²) < 4.78 is 0.945. The maximum atomic E-state index is 11.3. The molecule has 0 saturated heterocycles. The fourth-order valence-electron chi connectivity index (χ4n) is 1.12. The van der Waals surface area contributed by atoms with Crippen LogP contribution in [-0.2, 0) is 5.75 Å². The van der Waals surface area contributed by atoms with Crippen LogP contribution in [0.5, 0.6) is 0 Å². The van der Waals surface area contributed by atoms with Crippen LogP contribution < -0.4 is 11.3 Å². The topological polar surface area (TPSA) is 80.9 Å². The van der Waals surface area contributed by atoms with Crippen molar-refractivity contribution in [2.24, 2.45) is 5.84 Å². The maximum absolute atomic E-state index is 11.3. The molecule has 0 fully saturated rings. The first-order chi connectivity index (χ1) is 8.19. The SMILES string of the molecule is Cc1nnc(SCc2ccc(C(=O)NN)s2)s1. The second-order valence-corrected chi connectivity index (χ2v) is 6.69. The minimum atomic E-state index is -0.252. The van der Waals surface area contributed by atoms with Crippen LogP contribution in [0.15, 0.2) is 16.5 Å². The predicted molar refractivity (Wildman–Crippen MR) is 70.2 cm³/mol. The number of hydrazine groups is 1. The molecule has 17 heavy (non-hydrogen) atoms. The van der Waals surface area contributed by atoms with Gasteiger partial charge in [0.2, 0.25) is 0 Å². The number of aryl methyl sites for hydroxylation is 1. The summed E-state index contributed by atoms with van der Waals surface area (Å²) in [6.45, 7) is 1.93. The number of aromatic nitrogens is 2. The van der Waals surface area contributed by atoms with Crippen LogP contribution in [0.25, 0.3) is 0 Å². The van der Waals surface area contributed by atoms with E-state index in [2.05, 4.69) is 15.6 Å². The van der Waals surface area contributed by atoms with Crippen molar-refractivity contribution in [1.82, 2.24) is 15.6 Å². The molecule has 0 aliphatic carbocycles. The highest BCUT2D eigenvalue weighted by Gasteiger charge is 2.08. The smallest absolute Gasteiger partial charge is 0.275 e. The van der Waals surface area contributed by atoms with E-state index in [0.717, 1.165) is 20.0 Å². The zero-order valence-corrected chi connectivity index (χ0v) is 11.4. The number of nitrogens with zero attached hydrogens (tertiary/aromatic N) is 2. The lowest BCUT2D eigenvalue weighted by molar-refractivity contribution is 0.0957. The molecule has 0 spiro atoms. The Labute approximate surface area is 110 Å². The van der Waals surface area contributed by atoms with E-state index >= 15 is 0 Å². The first-order valence-electron chi connectivity index (χ1n) is 4.71. The predicted octanol–water partition coefficient (Wildman–Crippen LogP) is 1.80. The highest BCUT2D eigenvalue weighted by atomic mass is 32.2. The van der Waals surface area contributed by atoms with Crippen molar-refractivity contribution in [3.8, 4) is 0 Å². The Morgan fingerprint density at radius 2 is 2.29 bits per heavy atom. The third-order valence-electron chi connectivity index (χ3n) is 1.86. The molecule has 0 aliphatic rings. The van der Waals surface area contributed by atoms with Crippen LogP contribution in [0, 0.1) is 6.92 Å². The lowest BCUT2D eigenvalue weighted by Gasteiger charge is -1.94. The van der Waals surface area contributed by atoms with E-state index in [-0.39, 0.29) is 5.91 Å². The average molecular weight is 286 g/mol. The van der Waals surface area contributed by atoms with Gasteiger partial charge in [0, 0.05) is 10.6 Å². The van der Waals surface area contributed by atoms with E-state index < -0.39 is 0 Å². The lowest BCUT2D eigenvalue weighted by Crippen LogP contribution is -2.29. The van der Waals surface area contributed by atoms with Gasteiger partial charge in [0.25, 0.3) is 5.91 Å². The number of amides is 1. The fraction of sp³-hybridized carbons (Fsp3) is 0.222. The monoisotopic (exact) mass is 286 g/mol. The summed E-state index contributed by atoms with van der Waals surface area (Å²) in [5.74, 6) is 5.60. The number of hydrogen-bond acceptors (Lipinski definition) is 7. The molecule has 0 atom stereocenters. The minimum Gasteiger partial charge on any atom is -0.289 e. The van der Waals surface area contributed by atoms with Gasteiger partial charge in [-0.15, -0.1) is 21.5 Å². The number of nitrogens with two attached hydrogens (primary N) is 1. The van der Waals surface area contributed by atoms with E-state index in [1.165, 1.54) is 11.3 Å². The van der Waals surface area contributed by atoms with Gasteiger partial charge < -0.3 is 0 Å². The van der Waals surface area contributed by atoms with Crippen molar-refractivity contribution in [2.75, 3.05) is 0 Å². The van der Waals surface area contributed by atoms with Crippen molar-refractivity contribution >= 4 is 40.3 Å². The zero-order valence-electron chi connectivity index (χ0n) is 8.97. The molecule has 0 bridgehead atoms. The number of carbonyl (C=O) groups excluding carboxylic acids is 1. The number of rotatable bonds is 4. The Hall–Kier alpha value is -0.960. The van der Waals surface area contributed by atoms with Gasteiger partial charge in [-0.2, -0.15) is 0 Å². The van der Waals surface area contributed by atoms with Crippen LogP contribution in [0.3, 0.4) is 0 Å². The van der Waals surface area contributed by atoms with Crippen LogP contribution in [-0.4, -0.2) is 16.1 Å². The molecule has 2 aromatic heterocycles. The Balaban J connectivity index is 1.95. The molecule has 0 unspecified atom stereocenters. The second-order valence-electron chi connectivity index (χ2n) is 3.12. The largest absolute Gasteiger partial charge is 0.289 e. The van der Waals surface area contributed by atoms with Gasteiger partial charge in [-0.05, 0) is 19.1 Å². The van der Waals surface area contributed by atoms with Crippen LogP contribution in [0.1, 0.15) is 19.6 Å². The quantitative estimate of drug-likeness (QED) is 0.388. The fourth-order valence-corrected chi connectivity index (χ4v) is 3.89. The number of hydrogen-bond donors (Lipinski definition) is 2. The summed E-state index contributed by atoms with van der Waals surface area (Å²) in [5, 5.41) is 8.93. The third kappa shape index (κ3) is 3.25. The number of nitrogen functional groups attached to an aromatic ring is 1. The van der Waals surface area contributed by atoms with Gasteiger partial charge in [0.15, 0.2) is 4.34 Å². The van der Waals surface area contributed by atoms with Gasteiger partial charge in [-0.1, -0.05) is 23.1 Å². The number of thioether (sulfide) groups is 1. The molecule has 2 aromatic rings. The van der Waals surface area contributed by atoms with Crippen molar-refractivity contribution in [1.29, 1.82) is 0 Å². The summed E-state index contributed by atoms with van der Waals surface area (Å²) in [6, 6.07) is 3.70. The van der Waals surface area contributed by atoms with Crippen LogP contribution >= 0.6 is 34.4 Å². The third-order valence-corrected chi connectivity index (χ3v) is 5.15. The molecule has 8 heteroatoms. The molecule has 2 heterocycles. The maximum Gasteiger partial charge on any atom is 0.275 e. The molecule has 0 aliphatic heterocycles. The molecule has 90 valence electrons. The van der Waals surface area contributed by atoms with Gasteiger partial charge in [0.05, 0.1) is 4.88 Å². The lowest BCUT2D eigenvalue weighted by atomic mass is 10.4. The average Bonchev–Trinajstić information content (AvgIpc) is 2.94. The molecular weight excluding hydrogens is 276 g/mol. The van der Waals surface area contributed by atoms with Crippen molar-refractivity contribution < 1.29 is 4.79 Å². The number of thiophene rings is 1. The van der Waals surface area contributed by atoms with Gasteiger partial charge in [-0.3, -0.25) is 10.2 Å². The van der Waals surface area contributed by atoms with Crippen LogP contribution in [0.4, 0.5) is 0 Å². The molecule has 0 radical (unpaired) electrons. The van der Waals surface area contributed by atoms with Gasteiger partial charge in [0.1, 0.15) is 5.01 Å². The summed E-state index contributed by atoms with van der Waals surface area (Å²) >= 11 is 4.63. The van der Waals surface area contributed by atoms with E-state index in [9.17, 15) is 4.79 Å². The summed E-state index contributed by atoms with van der Waals surface area (Å²) in [6.07, 6.45) is 0. The van der Waals surface area contributed by atoms with Crippen molar-refractivity contribution in [3.63, 3.8) is 0 Å². The molecule has 3 N–H and O–H groups in total. The molecule has 2 rings (SSSR count). The Bertz CT molecular complexity index is 522. The Morgan fingerprint density at radius 1 is 1.47 bits per heavy atom. The van der Waals surface area contributed by atoms with Crippen molar-refractivity contribution in [2.45, 2.75) is 17.0 Å². The Morgan fingerprint density at radius 3 is 2.94 bits per heavy atom. The summed E-state index contributed by atoms with van der Waals surface area (Å²) in [4.78, 5) is 13.0. The molecule has 0 aromatic carbocycles. The second kappa shape index (κ2) is 5.58. The first-order valence-corrected chi connectivity index (χ1v) is 7.33. The van der Waals surface area contributed by atoms with E-state index in [4.69, 9.17) is 5.84 Å². The normalized spacial score (nSPS) is 10.5.